The predicted octanol–water partition coefficient (Wildman–Crippen LogP) is 2.91. The molecule has 0 aliphatic carbocycles. The highest BCUT2D eigenvalue weighted by Gasteiger charge is 2.02. The standard InChI is InChI=1S/C16H19N3OS/c1-12-10-13(16(17)21)11-15(19-12)18-8-5-9-20-14-6-3-2-4-7-14/h2-4,6-7,10-11H,5,8-9H2,1H3,(H2,17,21)(H,18,19). The van der Waals surface area contributed by atoms with Gasteiger partial charge in [0.1, 0.15) is 16.6 Å². The van der Waals surface area contributed by atoms with Crippen LogP contribution in [0.1, 0.15) is 17.7 Å². The molecule has 4 nitrogen and oxygen atoms in total. The smallest absolute Gasteiger partial charge is 0.126 e. The second kappa shape index (κ2) is 7.59. The van der Waals surface area contributed by atoms with Gasteiger partial charge in [-0.25, -0.2) is 4.98 Å². The molecular formula is C16H19N3OS. The number of pyridine rings is 1. The number of para-hydroxylation sites is 1. The summed E-state index contributed by atoms with van der Waals surface area (Å²) in [6, 6.07) is 13.5. The molecule has 110 valence electrons. The van der Waals surface area contributed by atoms with Crippen LogP contribution in [0.2, 0.25) is 0 Å². The number of nitrogens with one attached hydrogen (secondary N) is 1. The molecule has 0 aliphatic heterocycles. The van der Waals surface area contributed by atoms with Crippen LogP contribution in [0.15, 0.2) is 42.5 Å². The van der Waals surface area contributed by atoms with Crippen molar-refractivity contribution in [1.82, 2.24) is 4.98 Å². The molecule has 0 fully saturated rings. The van der Waals surface area contributed by atoms with Crippen LogP contribution in [0, 0.1) is 6.92 Å². The molecule has 21 heavy (non-hydrogen) atoms. The average Bonchev–Trinajstić information content (AvgIpc) is 2.47. The fraction of sp³-hybridized carbons (Fsp3) is 0.250. The van der Waals surface area contributed by atoms with Gasteiger partial charge >= 0.3 is 0 Å². The van der Waals surface area contributed by atoms with Crippen molar-refractivity contribution in [1.29, 1.82) is 0 Å². The molecule has 1 aromatic heterocycles. The summed E-state index contributed by atoms with van der Waals surface area (Å²) < 4.78 is 5.63. The SMILES string of the molecule is Cc1cc(C(N)=S)cc(NCCCOc2ccccc2)n1. The Morgan fingerprint density at radius 2 is 2.05 bits per heavy atom. The molecule has 3 N–H and O–H groups in total. The van der Waals surface area contributed by atoms with E-state index in [1.54, 1.807) is 0 Å². The van der Waals surface area contributed by atoms with Crippen molar-refractivity contribution in [3.05, 3.63) is 53.7 Å². The molecule has 2 aromatic rings. The number of aromatic nitrogens is 1. The zero-order chi connectivity index (χ0) is 15.1. The van der Waals surface area contributed by atoms with E-state index in [-0.39, 0.29) is 0 Å². The van der Waals surface area contributed by atoms with E-state index in [2.05, 4.69) is 10.3 Å². The van der Waals surface area contributed by atoms with Crippen molar-refractivity contribution in [3.8, 4) is 5.75 Å². The number of nitrogens with two attached hydrogens (primary N) is 1. The van der Waals surface area contributed by atoms with Gasteiger partial charge in [0.15, 0.2) is 0 Å². The van der Waals surface area contributed by atoms with E-state index in [0.29, 0.717) is 11.6 Å². The van der Waals surface area contributed by atoms with Crippen molar-refractivity contribution in [2.45, 2.75) is 13.3 Å². The number of hydrogen-bond donors (Lipinski definition) is 2. The Labute approximate surface area is 130 Å². The van der Waals surface area contributed by atoms with Gasteiger partial charge in [-0.3, -0.25) is 0 Å². The van der Waals surface area contributed by atoms with E-state index in [4.69, 9.17) is 22.7 Å². The van der Waals surface area contributed by atoms with Crippen LogP contribution in [0.5, 0.6) is 5.75 Å². The molecule has 5 heteroatoms. The second-order valence-corrected chi connectivity index (χ2v) is 5.13. The first-order chi connectivity index (χ1) is 10.1. The lowest BCUT2D eigenvalue weighted by atomic mass is 10.2. The average molecular weight is 301 g/mol. The van der Waals surface area contributed by atoms with E-state index < -0.39 is 0 Å². The van der Waals surface area contributed by atoms with Crippen LogP contribution >= 0.6 is 12.2 Å². The Balaban J connectivity index is 1.77. The molecule has 0 radical (unpaired) electrons. The van der Waals surface area contributed by atoms with E-state index in [1.165, 1.54) is 0 Å². The summed E-state index contributed by atoms with van der Waals surface area (Å²) in [4.78, 5) is 4.79. The third-order valence-electron chi connectivity index (χ3n) is 2.88. The van der Waals surface area contributed by atoms with E-state index in [0.717, 1.165) is 35.8 Å². The molecule has 0 saturated carbocycles. The van der Waals surface area contributed by atoms with Crippen LogP contribution in [0.25, 0.3) is 0 Å². The first-order valence-electron chi connectivity index (χ1n) is 6.85. The fourth-order valence-electron chi connectivity index (χ4n) is 1.90. The van der Waals surface area contributed by atoms with E-state index >= 15 is 0 Å². The zero-order valence-corrected chi connectivity index (χ0v) is 12.8. The summed E-state index contributed by atoms with van der Waals surface area (Å²) in [5.41, 5.74) is 7.37. The Morgan fingerprint density at radius 1 is 1.29 bits per heavy atom. The van der Waals surface area contributed by atoms with Gasteiger partial charge in [0.05, 0.1) is 6.61 Å². The van der Waals surface area contributed by atoms with Crippen LogP contribution in [-0.2, 0) is 0 Å². The highest BCUT2D eigenvalue weighted by Crippen LogP contribution is 2.11. The highest BCUT2D eigenvalue weighted by molar-refractivity contribution is 7.80. The predicted molar refractivity (Wildman–Crippen MR) is 89.9 cm³/mol. The Hall–Kier alpha value is -2.14. The summed E-state index contributed by atoms with van der Waals surface area (Å²) in [5, 5.41) is 3.26. The Bertz CT molecular complexity index is 602. The van der Waals surface area contributed by atoms with Crippen molar-refractivity contribution in [2.75, 3.05) is 18.5 Å². The minimum atomic E-state index is 0.385. The summed E-state index contributed by atoms with van der Waals surface area (Å²) in [6.07, 6.45) is 0.882. The lowest BCUT2D eigenvalue weighted by molar-refractivity contribution is 0.315. The summed E-state index contributed by atoms with van der Waals surface area (Å²) >= 11 is 4.99. The molecule has 0 bridgehead atoms. The minimum Gasteiger partial charge on any atom is -0.494 e. The van der Waals surface area contributed by atoms with Crippen LogP contribution in [0.4, 0.5) is 5.82 Å². The summed E-state index contributed by atoms with van der Waals surface area (Å²) in [5.74, 6) is 1.68. The summed E-state index contributed by atoms with van der Waals surface area (Å²) in [7, 11) is 0. The van der Waals surface area contributed by atoms with Gasteiger partial charge in [-0.1, -0.05) is 30.4 Å². The Morgan fingerprint density at radius 3 is 2.76 bits per heavy atom. The maximum atomic E-state index is 5.65. The van der Waals surface area contributed by atoms with Crippen LogP contribution in [-0.4, -0.2) is 23.1 Å². The fourth-order valence-corrected chi connectivity index (χ4v) is 2.01. The van der Waals surface area contributed by atoms with Gasteiger partial charge in [0, 0.05) is 17.8 Å². The van der Waals surface area contributed by atoms with Gasteiger partial charge in [-0.15, -0.1) is 0 Å². The summed E-state index contributed by atoms with van der Waals surface area (Å²) in [6.45, 7) is 3.36. The van der Waals surface area contributed by atoms with E-state index in [1.807, 2.05) is 49.4 Å². The minimum absolute atomic E-state index is 0.385. The topological polar surface area (TPSA) is 60.2 Å². The first-order valence-corrected chi connectivity index (χ1v) is 7.26. The van der Waals surface area contributed by atoms with Crippen molar-refractivity contribution >= 4 is 23.0 Å². The van der Waals surface area contributed by atoms with Gasteiger partial charge in [0.25, 0.3) is 0 Å². The molecule has 0 atom stereocenters. The molecule has 2 rings (SSSR count). The van der Waals surface area contributed by atoms with Gasteiger partial charge in [0.2, 0.25) is 0 Å². The third kappa shape index (κ3) is 5.04. The largest absolute Gasteiger partial charge is 0.494 e. The number of rotatable bonds is 7. The maximum Gasteiger partial charge on any atom is 0.126 e. The molecule has 0 aliphatic rings. The van der Waals surface area contributed by atoms with Crippen LogP contribution < -0.4 is 15.8 Å². The lowest BCUT2D eigenvalue weighted by Gasteiger charge is -2.09. The number of nitrogens with zero attached hydrogens (tertiary/aromatic N) is 1. The molecule has 0 amide bonds. The molecule has 0 unspecified atom stereocenters. The quantitative estimate of drug-likeness (QED) is 0.608. The van der Waals surface area contributed by atoms with Crippen LogP contribution in [0.3, 0.4) is 0 Å². The molecular weight excluding hydrogens is 282 g/mol. The van der Waals surface area contributed by atoms with Gasteiger partial charge in [-0.2, -0.15) is 0 Å². The normalized spacial score (nSPS) is 10.1. The lowest BCUT2D eigenvalue weighted by Crippen LogP contribution is -2.13. The van der Waals surface area contributed by atoms with Crippen molar-refractivity contribution in [3.63, 3.8) is 0 Å². The molecule has 1 aromatic carbocycles. The highest BCUT2D eigenvalue weighted by atomic mass is 32.1. The number of benzene rings is 1. The second-order valence-electron chi connectivity index (χ2n) is 4.69. The third-order valence-corrected chi connectivity index (χ3v) is 3.11. The number of aryl methyl sites for hydroxylation is 1. The molecule has 0 spiro atoms. The van der Waals surface area contributed by atoms with E-state index in [9.17, 15) is 0 Å². The van der Waals surface area contributed by atoms with Gasteiger partial charge in [-0.05, 0) is 37.6 Å². The maximum absolute atomic E-state index is 5.65. The Kier molecular flexibility index (Phi) is 5.51. The number of anilines is 1. The van der Waals surface area contributed by atoms with Gasteiger partial charge < -0.3 is 15.8 Å². The molecule has 0 saturated heterocycles. The zero-order valence-electron chi connectivity index (χ0n) is 12.0. The number of thiocarbonyl (C=S) groups is 1. The number of hydrogen-bond acceptors (Lipinski definition) is 4. The monoisotopic (exact) mass is 301 g/mol. The van der Waals surface area contributed by atoms with Crippen molar-refractivity contribution < 1.29 is 4.74 Å². The number of ether oxygens (including phenoxy) is 1. The molecule has 1 heterocycles. The first kappa shape index (κ1) is 15.3. The van der Waals surface area contributed by atoms with Crippen molar-refractivity contribution in [2.24, 2.45) is 5.73 Å².